The van der Waals surface area contributed by atoms with Gasteiger partial charge >= 0.3 is 0 Å². The number of carbonyl (C=O) groups is 1. The molecule has 0 atom stereocenters. The predicted molar refractivity (Wildman–Crippen MR) is 97.6 cm³/mol. The Bertz CT molecular complexity index is 886. The van der Waals surface area contributed by atoms with Crippen LogP contribution in [0.15, 0.2) is 53.4 Å². The van der Waals surface area contributed by atoms with Crippen molar-refractivity contribution in [3.8, 4) is 0 Å². The highest BCUT2D eigenvalue weighted by molar-refractivity contribution is 14.1. The molecule has 0 aliphatic rings. The Balaban J connectivity index is 2.62. The summed E-state index contributed by atoms with van der Waals surface area (Å²) in [4.78, 5) is 21.1. The van der Waals surface area contributed by atoms with E-state index < -0.39 is 37.3 Å². The molecule has 0 amide bonds. The summed E-state index contributed by atoms with van der Waals surface area (Å²) in [6.45, 7) is -0.642. The fraction of sp³-hybridized carbons (Fsp3) is 0.0714. The molecule has 0 saturated heterocycles. The molecule has 126 valence electrons. The molecule has 2 aromatic carbocycles. The van der Waals surface area contributed by atoms with Gasteiger partial charge in [0.1, 0.15) is 6.54 Å². The smallest absolute Gasteiger partial charge is 0.279 e. The summed E-state index contributed by atoms with van der Waals surface area (Å²) in [5.41, 5.74) is -0.391. The van der Waals surface area contributed by atoms with E-state index in [0.29, 0.717) is 0 Å². The van der Waals surface area contributed by atoms with E-state index in [1.165, 1.54) is 24.3 Å². The average Bonchev–Trinajstić information content (AvgIpc) is 2.53. The molecule has 0 aliphatic carbocycles. The molecule has 2 aromatic rings. The van der Waals surface area contributed by atoms with Crippen LogP contribution in [-0.4, -0.2) is 25.1 Å². The number of benzene rings is 2. The number of sulfonamides is 1. The van der Waals surface area contributed by atoms with Gasteiger partial charge in [-0.25, -0.2) is 8.42 Å². The Morgan fingerprint density at radius 1 is 1.17 bits per heavy atom. The summed E-state index contributed by atoms with van der Waals surface area (Å²) in [5, 5.41) is 10.2. The predicted octanol–water partition coefficient (Wildman–Crippen LogP) is 3.16. The molecule has 0 radical (unpaired) electrons. The van der Waals surface area contributed by atoms with E-state index in [-0.39, 0.29) is 5.69 Å². The Labute approximate surface area is 156 Å². The zero-order chi connectivity index (χ0) is 17.9. The van der Waals surface area contributed by atoms with Gasteiger partial charge in [-0.2, -0.15) is 0 Å². The van der Waals surface area contributed by atoms with Crippen LogP contribution in [0.4, 0.5) is 11.4 Å². The van der Waals surface area contributed by atoms with Crippen LogP contribution in [0.25, 0.3) is 0 Å². The second-order valence-corrected chi connectivity index (χ2v) is 8.07. The molecule has 0 saturated carbocycles. The quantitative estimate of drug-likeness (QED) is 0.274. The molecule has 0 aliphatic heterocycles. The SMILES string of the molecule is O=C(Cl)CN(c1ccc(I)cc1)S(=O)(=O)c1ccccc1[N+](=O)[O-]. The van der Waals surface area contributed by atoms with E-state index in [1.807, 2.05) is 22.6 Å². The van der Waals surface area contributed by atoms with Gasteiger partial charge in [0, 0.05) is 9.64 Å². The maximum atomic E-state index is 12.9. The Kier molecular flexibility index (Phi) is 5.78. The minimum absolute atomic E-state index is 0.183. The van der Waals surface area contributed by atoms with Crippen molar-refractivity contribution in [2.75, 3.05) is 10.8 Å². The summed E-state index contributed by atoms with van der Waals surface area (Å²) in [6.07, 6.45) is 0. The first-order valence-corrected chi connectivity index (χ1v) is 9.33. The van der Waals surface area contributed by atoms with Gasteiger partial charge in [0.2, 0.25) is 5.24 Å². The summed E-state index contributed by atoms with van der Waals surface area (Å²) < 4.78 is 27.4. The fourth-order valence-corrected chi connectivity index (χ4v) is 4.11. The average molecular weight is 481 g/mol. The third kappa shape index (κ3) is 4.02. The first-order valence-electron chi connectivity index (χ1n) is 6.43. The first kappa shape index (κ1) is 18.6. The lowest BCUT2D eigenvalue weighted by atomic mass is 10.3. The van der Waals surface area contributed by atoms with Crippen LogP contribution in [0.3, 0.4) is 0 Å². The molecule has 7 nitrogen and oxygen atoms in total. The monoisotopic (exact) mass is 480 g/mol. The normalized spacial score (nSPS) is 11.1. The minimum atomic E-state index is -4.35. The van der Waals surface area contributed by atoms with Crippen molar-refractivity contribution in [3.05, 3.63) is 62.2 Å². The topological polar surface area (TPSA) is 97.6 Å². The lowest BCUT2D eigenvalue weighted by Crippen LogP contribution is -2.34. The van der Waals surface area contributed by atoms with Gasteiger partial charge in [-0.15, -0.1) is 0 Å². The highest BCUT2D eigenvalue weighted by Gasteiger charge is 2.32. The number of carbonyl (C=O) groups excluding carboxylic acids is 1. The van der Waals surface area contributed by atoms with Crippen LogP contribution in [0.5, 0.6) is 0 Å². The maximum absolute atomic E-state index is 12.9. The zero-order valence-electron chi connectivity index (χ0n) is 11.9. The number of hydrogen-bond acceptors (Lipinski definition) is 5. The van der Waals surface area contributed by atoms with Crippen LogP contribution in [0.2, 0.25) is 0 Å². The van der Waals surface area contributed by atoms with E-state index in [9.17, 15) is 23.3 Å². The van der Waals surface area contributed by atoms with Crippen LogP contribution in [-0.2, 0) is 14.8 Å². The van der Waals surface area contributed by atoms with Gasteiger partial charge in [-0.1, -0.05) is 12.1 Å². The highest BCUT2D eigenvalue weighted by atomic mass is 127. The van der Waals surface area contributed by atoms with Crippen molar-refractivity contribution in [2.24, 2.45) is 0 Å². The zero-order valence-corrected chi connectivity index (χ0v) is 15.7. The standard InChI is InChI=1S/C14H10ClIN2O5S/c15-14(19)9-17(11-7-5-10(16)6-8-11)24(22,23)13-4-2-1-3-12(13)18(20)21/h1-8H,9H2. The van der Waals surface area contributed by atoms with Crippen LogP contribution in [0, 0.1) is 13.7 Å². The van der Waals surface area contributed by atoms with Crippen LogP contribution in [0.1, 0.15) is 0 Å². The Morgan fingerprint density at radius 3 is 2.29 bits per heavy atom. The van der Waals surface area contributed by atoms with Crippen molar-refractivity contribution in [2.45, 2.75) is 4.90 Å². The molecule has 0 aromatic heterocycles. The Hall–Kier alpha value is -1.72. The largest absolute Gasteiger partial charge is 0.289 e. The van der Waals surface area contributed by atoms with Crippen molar-refractivity contribution in [1.29, 1.82) is 0 Å². The molecule has 10 heteroatoms. The lowest BCUT2D eigenvalue weighted by Gasteiger charge is -2.22. The number of nitrogens with zero attached hydrogens (tertiary/aromatic N) is 2. The van der Waals surface area contributed by atoms with Gasteiger partial charge in [0.15, 0.2) is 4.90 Å². The number of rotatable bonds is 6. The molecule has 0 spiro atoms. The molecule has 0 fully saturated rings. The summed E-state index contributed by atoms with van der Waals surface area (Å²) in [7, 11) is -4.35. The van der Waals surface area contributed by atoms with E-state index in [2.05, 4.69) is 0 Å². The summed E-state index contributed by atoms with van der Waals surface area (Å²) in [6, 6.07) is 11.2. The number of halogens is 2. The van der Waals surface area contributed by atoms with Gasteiger partial charge in [0.05, 0.1) is 10.6 Å². The van der Waals surface area contributed by atoms with E-state index in [4.69, 9.17) is 11.6 Å². The molecule has 0 unspecified atom stereocenters. The second kappa shape index (κ2) is 7.45. The third-order valence-electron chi connectivity index (χ3n) is 3.01. The van der Waals surface area contributed by atoms with Crippen molar-refractivity contribution < 1.29 is 18.1 Å². The number of hydrogen-bond donors (Lipinski definition) is 0. The Morgan fingerprint density at radius 2 is 1.75 bits per heavy atom. The van der Waals surface area contributed by atoms with E-state index >= 15 is 0 Å². The number of nitro groups is 1. The molecular formula is C14H10ClIN2O5S. The molecular weight excluding hydrogens is 471 g/mol. The fourth-order valence-electron chi connectivity index (χ4n) is 1.98. The van der Waals surface area contributed by atoms with Crippen LogP contribution < -0.4 is 4.31 Å². The molecule has 0 bridgehead atoms. The molecule has 0 heterocycles. The lowest BCUT2D eigenvalue weighted by molar-refractivity contribution is -0.387. The number of anilines is 1. The van der Waals surface area contributed by atoms with Gasteiger partial charge in [-0.3, -0.25) is 19.2 Å². The molecule has 2 rings (SSSR count). The first-order chi connectivity index (χ1) is 11.2. The van der Waals surface area contributed by atoms with Gasteiger partial charge in [0.25, 0.3) is 15.7 Å². The van der Waals surface area contributed by atoms with Crippen LogP contribution >= 0.6 is 34.2 Å². The highest BCUT2D eigenvalue weighted by Crippen LogP contribution is 2.30. The third-order valence-corrected chi connectivity index (χ3v) is 5.67. The van der Waals surface area contributed by atoms with Gasteiger partial charge < -0.3 is 0 Å². The van der Waals surface area contributed by atoms with Crippen molar-refractivity contribution in [3.63, 3.8) is 0 Å². The molecule has 0 N–H and O–H groups in total. The number of nitro benzene ring substituents is 1. The van der Waals surface area contributed by atoms with Gasteiger partial charge in [-0.05, 0) is 64.5 Å². The summed E-state index contributed by atoms with van der Waals surface area (Å²) in [5.74, 6) is 0. The number of para-hydroxylation sites is 1. The maximum Gasteiger partial charge on any atom is 0.289 e. The van der Waals surface area contributed by atoms with Crippen molar-refractivity contribution >= 4 is 60.8 Å². The second-order valence-electron chi connectivity index (χ2n) is 4.57. The summed E-state index contributed by atoms with van der Waals surface area (Å²) >= 11 is 7.41. The van der Waals surface area contributed by atoms with E-state index in [1.54, 1.807) is 12.1 Å². The minimum Gasteiger partial charge on any atom is -0.279 e. The molecule has 24 heavy (non-hydrogen) atoms. The van der Waals surface area contributed by atoms with Crippen molar-refractivity contribution in [1.82, 2.24) is 0 Å². The van der Waals surface area contributed by atoms with E-state index in [0.717, 1.165) is 20.0 Å².